The zero-order valence-electron chi connectivity index (χ0n) is 12.5. The normalized spacial score (nSPS) is 17.1. The van der Waals surface area contributed by atoms with Crippen molar-refractivity contribution in [2.75, 3.05) is 13.2 Å². The highest BCUT2D eigenvalue weighted by molar-refractivity contribution is 7.24. The molecular formula is C18H16O3S. The second kappa shape index (κ2) is 5.07. The van der Waals surface area contributed by atoms with Gasteiger partial charge in [0.15, 0.2) is 5.43 Å². The predicted octanol–water partition coefficient (Wildman–Crippen LogP) is 3.81. The fourth-order valence-electron chi connectivity index (χ4n) is 2.85. The summed E-state index contributed by atoms with van der Waals surface area (Å²) >= 11 is 1.66. The number of aryl methyl sites for hydroxylation is 2. The fourth-order valence-corrected chi connectivity index (χ4v) is 4.09. The maximum atomic E-state index is 12.8. The Morgan fingerprint density at radius 1 is 1.27 bits per heavy atom. The average Bonchev–Trinajstić information content (AvgIpc) is 3.31. The van der Waals surface area contributed by atoms with E-state index in [1.165, 1.54) is 0 Å². The molecule has 0 radical (unpaired) electrons. The van der Waals surface area contributed by atoms with E-state index >= 15 is 0 Å². The molecule has 0 N–H and O–H groups in total. The van der Waals surface area contributed by atoms with Gasteiger partial charge in [-0.2, -0.15) is 0 Å². The molecular weight excluding hydrogens is 296 g/mol. The number of hydrogen-bond donors (Lipinski definition) is 0. The molecule has 1 fully saturated rings. The Balaban J connectivity index is 1.97. The van der Waals surface area contributed by atoms with E-state index in [-0.39, 0.29) is 11.5 Å². The van der Waals surface area contributed by atoms with Crippen LogP contribution in [-0.4, -0.2) is 19.3 Å². The van der Waals surface area contributed by atoms with Crippen LogP contribution in [0.3, 0.4) is 0 Å². The van der Waals surface area contributed by atoms with Crippen LogP contribution < -0.4 is 10.2 Å². The minimum atomic E-state index is 0.0920. The van der Waals surface area contributed by atoms with E-state index in [9.17, 15) is 4.79 Å². The topological polar surface area (TPSA) is 38.8 Å². The van der Waals surface area contributed by atoms with Crippen LogP contribution in [0.5, 0.6) is 5.75 Å². The van der Waals surface area contributed by atoms with E-state index < -0.39 is 0 Å². The number of benzene rings is 2. The third kappa shape index (κ3) is 2.19. The largest absolute Gasteiger partial charge is 0.490 e. The summed E-state index contributed by atoms with van der Waals surface area (Å²) in [5, 5.41) is 1.56. The third-order valence-electron chi connectivity index (χ3n) is 4.06. The van der Waals surface area contributed by atoms with E-state index in [1.54, 1.807) is 11.3 Å². The lowest BCUT2D eigenvalue weighted by Gasteiger charge is -2.14. The van der Waals surface area contributed by atoms with Gasteiger partial charge in [-0.05, 0) is 37.6 Å². The van der Waals surface area contributed by atoms with E-state index in [2.05, 4.69) is 6.07 Å². The van der Waals surface area contributed by atoms with Crippen LogP contribution in [0.25, 0.3) is 20.2 Å². The van der Waals surface area contributed by atoms with Crippen molar-refractivity contribution in [2.45, 2.75) is 20.0 Å². The third-order valence-corrected chi connectivity index (χ3v) is 5.18. The van der Waals surface area contributed by atoms with Gasteiger partial charge in [-0.3, -0.25) is 4.79 Å². The Hall–Kier alpha value is -1.91. The molecule has 1 aliphatic heterocycles. The van der Waals surface area contributed by atoms with Crippen molar-refractivity contribution in [3.05, 3.63) is 51.7 Å². The molecule has 1 unspecified atom stereocenters. The van der Waals surface area contributed by atoms with Crippen molar-refractivity contribution in [1.29, 1.82) is 0 Å². The van der Waals surface area contributed by atoms with Crippen LogP contribution >= 0.6 is 11.3 Å². The first-order chi connectivity index (χ1) is 10.6. The first-order valence-electron chi connectivity index (χ1n) is 7.35. The number of epoxide rings is 1. The lowest BCUT2D eigenvalue weighted by Crippen LogP contribution is -2.09. The molecule has 0 saturated carbocycles. The molecule has 0 bridgehead atoms. The molecule has 0 aliphatic carbocycles. The molecule has 1 aliphatic rings. The standard InChI is InChI=1S/C18H16O3S/c1-10-7-15-16(11(2)18(10)21-9-12-8-20-12)17(19)13-5-3-4-6-14(13)22-15/h3-7,12H,8-9H2,1-2H3. The summed E-state index contributed by atoms with van der Waals surface area (Å²) in [6, 6.07) is 9.83. The highest BCUT2D eigenvalue weighted by atomic mass is 32.1. The van der Waals surface area contributed by atoms with E-state index in [0.717, 1.165) is 43.7 Å². The average molecular weight is 312 g/mol. The summed E-state index contributed by atoms with van der Waals surface area (Å²) in [6.45, 7) is 5.33. The van der Waals surface area contributed by atoms with Crippen molar-refractivity contribution in [3.8, 4) is 5.75 Å². The molecule has 4 heteroatoms. The molecule has 0 spiro atoms. The maximum Gasteiger partial charge on any atom is 0.196 e. The lowest BCUT2D eigenvalue weighted by molar-refractivity contribution is 0.261. The molecule has 2 aromatic carbocycles. The molecule has 4 rings (SSSR count). The number of fused-ring (bicyclic) bond motifs is 2. The van der Waals surface area contributed by atoms with Gasteiger partial charge in [0.25, 0.3) is 0 Å². The summed E-state index contributed by atoms with van der Waals surface area (Å²) in [5.74, 6) is 0.822. The molecule has 112 valence electrons. The molecule has 0 amide bonds. The number of hydrogen-bond acceptors (Lipinski definition) is 4. The summed E-state index contributed by atoms with van der Waals surface area (Å²) in [6.07, 6.45) is 0.209. The predicted molar refractivity (Wildman–Crippen MR) is 90.3 cm³/mol. The van der Waals surface area contributed by atoms with Gasteiger partial charge in [-0.25, -0.2) is 0 Å². The van der Waals surface area contributed by atoms with Crippen LogP contribution in [0, 0.1) is 13.8 Å². The highest BCUT2D eigenvalue weighted by Crippen LogP contribution is 2.34. The van der Waals surface area contributed by atoms with Gasteiger partial charge in [0.05, 0.1) is 6.61 Å². The summed E-state index contributed by atoms with van der Waals surface area (Å²) in [7, 11) is 0. The van der Waals surface area contributed by atoms with E-state index in [4.69, 9.17) is 9.47 Å². The molecule has 2 heterocycles. The lowest BCUT2D eigenvalue weighted by atomic mass is 10.0. The van der Waals surface area contributed by atoms with Gasteiger partial charge in [0.2, 0.25) is 0 Å². The Kier molecular flexibility index (Phi) is 3.17. The Morgan fingerprint density at radius 3 is 2.82 bits per heavy atom. The summed E-state index contributed by atoms with van der Waals surface area (Å²) in [4.78, 5) is 12.8. The van der Waals surface area contributed by atoms with Crippen LogP contribution in [-0.2, 0) is 4.74 Å². The molecule has 3 nitrogen and oxygen atoms in total. The van der Waals surface area contributed by atoms with Gasteiger partial charge in [-0.1, -0.05) is 12.1 Å². The molecule has 22 heavy (non-hydrogen) atoms. The van der Waals surface area contributed by atoms with Crippen molar-refractivity contribution in [3.63, 3.8) is 0 Å². The Bertz CT molecular complexity index is 938. The van der Waals surface area contributed by atoms with Crippen molar-refractivity contribution in [1.82, 2.24) is 0 Å². The Labute approximate surface area is 132 Å². The van der Waals surface area contributed by atoms with Gasteiger partial charge < -0.3 is 9.47 Å². The maximum absolute atomic E-state index is 12.8. The van der Waals surface area contributed by atoms with Gasteiger partial charge in [-0.15, -0.1) is 11.3 Å². The van der Waals surface area contributed by atoms with Crippen LogP contribution in [0.15, 0.2) is 35.1 Å². The van der Waals surface area contributed by atoms with Gasteiger partial charge in [0, 0.05) is 25.7 Å². The summed E-state index contributed by atoms with van der Waals surface area (Å²) < 4.78 is 13.2. The minimum absolute atomic E-state index is 0.0920. The van der Waals surface area contributed by atoms with Crippen molar-refractivity contribution in [2.24, 2.45) is 0 Å². The fraction of sp³-hybridized carbons (Fsp3) is 0.278. The first-order valence-corrected chi connectivity index (χ1v) is 8.17. The minimum Gasteiger partial charge on any atom is -0.490 e. The molecule has 3 aromatic rings. The van der Waals surface area contributed by atoms with Crippen LogP contribution in [0.4, 0.5) is 0 Å². The molecule has 1 atom stereocenters. The second-order valence-electron chi connectivity index (χ2n) is 5.71. The smallest absolute Gasteiger partial charge is 0.196 e. The zero-order chi connectivity index (χ0) is 15.3. The zero-order valence-corrected chi connectivity index (χ0v) is 13.3. The van der Waals surface area contributed by atoms with Gasteiger partial charge in [0.1, 0.15) is 18.5 Å². The first kappa shape index (κ1) is 13.7. The van der Waals surface area contributed by atoms with Crippen LogP contribution in [0.1, 0.15) is 11.1 Å². The number of ether oxygens (including phenoxy) is 2. The summed E-state index contributed by atoms with van der Waals surface area (Å²) in [5.41, 5.74) is 2.09. The molecule has 1 aromatic heterocycles. The Morgan fingerprint density at radius 2 is 2.05 bits per heavy atom. The monoisotopic (exact) mass is 312 g/mol. The SMILES string of the molecule is Cc1cc2sc3ccccc3c(=O)c2c(C)c1OCC1CO1. The quantitative estimate of drug-likeness (QED) is 0.545. The van der Waals surface area contributed by atoms with Crippen LogP contribution in [0.2, 0.25) is 0 Å². The van der Waals surface area contributed by atoms with E-state index in [0.29, 0.717) is 6.61 Å². The number of rotatable bonds is 3. The van der Waals surface area contributed by atoms with E-state index in [1.807, 2.05) is 38.1 Å². The van der Waals surface area contributed by atoms with Gasteiger partial charge >= 0.3 is 0 Å². The second-order valence-corrected chi connectivity index (χ2v) is 6.80. The van der Waals surface area contributed by atoms with Crippen molar-refractivity contribution < 1.29 is 9.47 Å². The highest BCUT2D eigenvalue weighted by Gasteiger charge is 2.24. The molecule has 1 saturated heterocycles. The van der Waals surface area contributed by atoms with Crippen molar-refractivity contribution >= 4 is 31.5 Å².